The second kappa shape index (κ2) is 9.98. The Bertz CT molecular complexity index is 1100. The fourth-order valence-corrected chi connectivity index (χ4v) is 5.80. The van der Waals surface area contributed by atoms with Crippen molar-refractivity contribution in [1.29, 1.82) is 0 Å². The van der Waals surface area contributed by atoms with Crippen LogP contribution in [0, 0.1) is 24.6 Å². The van der Waals surface area contributed by atoms with E-state index in [2.05, 4.69) is 33.4 Å². The molecule has 8 heteroatoms. The van der Waals surface area contributed by atoms with Crippen LogP contribution in [0.1, 0.15) is 48.4 Å². The van der Waals surface area contributed by atoms with Crippen molar-refractivity contribution in [3.8, 4) is 0 Å². The lowest BCUT2D eigenvalue weighted by Crippen LogP contribution is -2.35. The number of halogens is 1. The van der Waals surface area contributed by atoms with E-state index in [4.69, 9.17) is 4.74 Å². The molecule has 182 valence electrons. The van der Waals surface area contributed by atoms with Crippen LogP contribution in [0.2, 0.25) is 0 Å². The smallest absolute Gasteiger partial charge is 0.154 e. The number of hydrogen-bond acceptors (Lipinski definition) is 6. The molecule has 2 N–H and O–H groups in total. The quantitative estimate of drug-likeness (QED) is 0.548. The van der Waals surface area contributed by atoms with Crippen LogP contribution in [0.25, 0.3) is 5.52 Å². The Morgan fingerprint density at radius 2 is 1.88 bits per heavy atom. The van der Waals surface area contributed by atoms with Crippen LogP contribution in [0.15, 0.2) is 36.8 Å². The first kappa shape index (κ1) is 23.2. The maximum Gasteiger partial charge on any atom is 0.154 e. The number of nitrogens with one attached hydrogen (secondary N) is 1. The highest BCUT2D eigenvalue weighted by Gasteiger charge is 2.31. The van der Waals surface area contributed by atoms with Gasteiger partial charge in [-0.25, -0.2) is 13.9 Å². The highest BCUT2D eigenvalue weighted by atomic mass is 19.1. The molecule has 2 aliphatic rings. The van der Waals surface area contributed by atoms with E-state index >= 15 is 0 Å². The number of likely N-dealkylation sites (tertiary alicyclic amines) is 1. The van der Waals surface area contributed by atoms with Gasteiger partial charge in [0, 0.05) is 32.9 Å². The van der Waals surface area contributed by atoms with E-state index in [0.29, 0.717) is 18.4 Å². The van der Waals surface area contributed by atoms with Gasteiger partial charge in [0.05, 0.1) is 18.8 Å². The summed E-state index contributed by atoms with van der Waals surface area (Å²) in [6.45, 7) is 5.51. The van der Waals surface area contributed by atoms with Gasteiger partial charge in [-0.15, -0.1) is 0 Å². The second-order valence-corrected chi connectivity index (χ2v) is 10.0. The molecule has 1 saturated heterocycles. The van der Waals surface area contributed by atoms with Gasteiger partial charge in [-0.1, -0.05) is 12.1 Å². The number of rotatable bonds is 7. The molecule has 3 aromatic rings. The molecule has 3 atom stereocenters. The van der Waals surface area contributed by atoms with Gasteiger partial charge in [0.25, 0.3) is 0 Å². The molecule has 1 saturated carbocycles. The fourth-order valence-electron chi connectivity index (χ4n) is 5.80. The number of fused-ring (bicyclic) bond motifs is 4. The van der Waals surface area contributed by atoms with Crippen LogP contribution in [-0.2, 0) is 11.3 Å². The van der Waals surface area contributed by atoms with Crippen molar-refractivity contribution in [2.45, 2.75) is 51.3 Å². The monoisotopic (exact) mass is 467 g/mol. The topological polar surface area (TPSA) is 74.9 Å². The normalized spacial score (nSPS) is 22.6. The van der Waals surface area contributed by atoms with Gasteiger partial charge < -0.3 is 15.2 Å². The number of aliphatic hydroxyl groups is 1. The lowest BCUT2D eigenvalue weighted by Gasteiger charge is -2.30. The van der Waals surface area contributed by atoms with Crippen molar-refractivity contribution in [1.82, 2.24) is 19.5 Å². The number of methoxy groups -OCH3 is 1. The Kier molecular flexibility index (Phi) is 6.81. The first-order valence-corrected chi connectivity index (χ1v) is 12.2. The number of aromatic nitrogens is 3. The Balaban J connectivity index is 1.40. The lowest BCUT2D eigenvalue weighted by atomic mass is 9.96. The van der Waals surface area contributed by atoms with Gasteiger partial charge in [-0.05, 0) is 73.3 Å². The Labute approximate surface area is 199 Å². The summed E-state index contributed by atoms with van der Waals surface area (Å²) in [6.07, 6.45) is 7.82. The van der Waals surface area contributed by atoms with E-state index in [0.717, 1.165) is 54.9 Å². The van der Waals surface area contributed by atoms with Crippen molar-refractivity contribution < 1.29 is 14.2 Å². The average molecular weight is 468 g/mol. The van der Waals surface area contributed by atoms with E-state index in [1.165, 1.54) is 30.5 Å². The fraction of sp³-hybridized carbons (Fsp3) is 0.538. The van der Waals surface area contributed by atoms with Crippen molar-refractivity contribution in [2.75, 3.05) is 32.1 Å². The van der Waals surface area contributed by atoms with Crippen LogP contribution in [0.3, 0.4) is 0 Å². The number of aliphatic hydroxyl groups excluding tert-OH is 1. The van der Waals surface area contributed by atoms with Gasteiger partial charge >= 0.3 is 0 Å². The summed E-state index contributed by atoms with van der Waals surface area (Å²) in [5.41, 5.74) is 4.29. The van der Waals surface area contributed by atoms with Crippen LogP contribution in [0.4, 0.5) is 10.2 Å². The highest BCUT2D eigenvalue weighted by molar-refractivity contribution is 5.73. The Hall–Kier alpha value is -2.55. The third-order valence-electron chi connectivity index (χ3n) is 7.47. The van der Waals surface area contributed by atoms with Gasteiger partial charge in [0.2, 0.25) is 0 Å². The van der Waals surface area contributed by atoms with Crippen LogP contribution >= 0.6 is 0 Å². The molecule has 0 radical (unpaired) electrons. The predicted molar refractivity (Wildman–Crippen MR) is 129 cm³/mol. The molecule has 0 amide bonds. The third-order valence-corrected chi connectivity index (χ3v) is 7.47. The minimum absolute atomic E-state index is 0.136. The minimum Gasteiger partial charge on any atom is -0.393 e. The van der Waals surface area contributed by atoms with Crippen LogP contribution in [-0.4, -0.2) is 57.5 Å². The second-order valence-electron chi connectivity index (χ2n) is 10.0. The Morgan fingerprint density at radius 3 is 2.56 bits per heavy atom. The predicted octanol–water partition coefficient (Wildman–Crippen LogP) is 3.96. The van der Waals surface area contributed by atoms with Gasteiger partial charge in [0.15, 0.2) is 5.82 Å². The first-order chi connectivity index (χ1) is 16.5. The number of hydrogen-bond donors (Lipinski definition) is 2. The zero-order valence-electron chi connectivity index (χ0n) is 20.0. The third kappa shape index (κ3) is 4.94. The SMILES string of the molecule is COC[C@@H](Nc1ncnn2cc(CN3C[C@@H]4CC[C@H](CC(O)C4)C3)c(C)c12)c1ccc(F)cc1. The standard InChI is InChI=1S/C26H34FN5O2/c1-17-21(13-31-11-18-3-4-19(12-31)10-23(33)9-18)14-32-25(17)26(28-16-29-32)30-24(15-34-2)20-5-7-22(27)8-6-20/h5-8,14,16,18-19,23-24,33H,3-4,9-13,15H2,1-2H3,(H,28,29,30)/t18-,19-,24-/m1/s1. The summed E-state index contributed by atoms with van der Waals surface area (Å²) in [6, 6.07) is 6.30. The van der Waals surface area contributed by atoms with Gasteiger partial charge in [0.1, 0.15) is 17.7 Å². The van der Waals surface area contributed by atoms with Gasteiger partial charge in [-0.2, -0.15) is 5.10 Å². The molecule has 34 heavy (non-hydrogen) atoms. The molecule has 0 spiro atoms. The molecule has 5 rings (SSSR count). The first-order valence-electron chi connectivity index (χ1n) is 12.2. The molecule has 2 fully saturated rings. The maximum atomic E-state index is 13.4. The van der Waals surface area contributed by atoms with E-state index < -0.39 is 0 Å². The largest absolute Gasteiger partial charge is 0.393 e. The number of nitrogens with zero attached hydrogens (tertiary/aromatic N) is 4. The van der Waals surface area contributed by atoms with Crippen molar-refractivity contribution in [3.63, 3.8) is 0 Å². The van der Waals surface area contributed by atoms with E-state index in [1.807, 2.05) is 4.52 Å². The van der Waals surface area contributed by atoms with E-state index in [-0.39, 0.29) is 18.0 Å². The number of aryl methyl sites for hydroxylation is 1. The zero-order valence-corrected chi connectivity index (χ0v) is 20.0. The summed E-state index contributed by atoms with van der Waals surface area (Å²) < 4.78 is 20.8. The molecule has 3 heterocycles. The van der Waals surface area contributed by atoms with Crippen molar-refractivity contribution in [3.05, 3.63) is 59.3 Å². The molecule has 0 unspecified atom stereocenters. The highest BCUT2D eigenvalue weighted by Crippen LogP contribution is 2.34. The molecule has 7 nitrogen and oxygen atoms in total. The number of anilines is 1. The number of ether oxygens (including phenoxy) is 1. The summed E-state index contributed by atoms with van der Waals surface area (Å²) >= 11 is 0. The van der Waals surface area contributed by atoms with E-state index in [1.54, 1.807) is 25.6 Å². The van der Waals surface area contributed by atoms with Crippen molar-refractivity contribution in [2.24, 2.45) is 11.8 Å². The molecule has 1 aliphatic carbocycles. The molecule has 1 aromatic carbocycles. The summed E-state index contributed by atoms with van der Waals surface area (Å²) in [5.74, 6) is 1.62. The minimum atomic E-state index is -0.261. The summed E-state index contributed by atoms with van der Waals surface area (Å²) in [4.78, 5) is 7.11. The molecule has 2 bridgehead atoms. The lowest BCUT2D eigenvalue weighted by molar-refractivity contribution is 0.0853. The maximum absolute atomic E-state index is 13.4. The molecule has 1 aliphatic heterocycles. The molecule has 2 aromatic heterocycles. The zero-order chi connectivity index (χ0) is 23.7. The van der Waals surface area contributed by atoms with Gasteiger partial charge in [-0.3, -0.25) is 4.90 Å². The number of benzene rings is 1. The summed E-state index contributed by atoms with van der Waals surface area (Å²) in [5, 5.41) is 18.3. The molecular weight excluding hydrogens is 433 g/mol. The van der Waals surface area contributed by atoms with Crippen molar-refractivity contribution >= 4 is 11.3 Å². The Morgan fingerprint density at radius 1 is 1.18 bits per heavy atom. The van der Waals surface area contributed by atoms with Crippen LogP contribution in [0.5, 0.6) is 0 Å². The van der Waals surface area contributed by atoms with E-state index in [9.17, 15) is 9.50 Å². The van der Waals surface area contributed by atoms with Crippen LogP contribution < -0.4 is 5.32 Å². The summed E-state index contributed by atoms with van der Waals surface area (Å²) in [7, 11) is 1.66. The molecular formula is C26H34FN5O2. The average Bonchev–Trinajstić information content (AvgIpc) is 2.91.